The van der Waals surface area contributed by atoms with E-state index >= 15 is 0 Å². The number of anilines is 1. The van der Waals surface area contributed by atoms with E-state index in [0.717, 1.165) is 0 Å². The van der Waals surface area contributed by atoms with Gasteiger partial charge >= 0.3 is 5.97 Å². The Hall–Kier alpha value is -4.00. The first-order valence-corrected chi connectivity index (χ1v) is 9.10. The number of ether oxygens (including phenoxy) is 4. The Balaban J connectivity index is 1.53. The Bertz CT molecular complexity index is 980. The topological polar surface area (TPSA) is 83.1 Å². The molecular formula is C23H21NO6. The number of carbonyl (C=O) groups excluding carboxylic acids is 2. The standard InChI is InChI=1S/C23H21NO6/c1-27-20-12-17(13-21(14-20)28-2)24-22(25)15-29-23(26)16-8-10-19(11-9-16)30-18-6-4-3-5-7-18/h3-14H,15H2,1-2H3,(H,24,25). The number of carbonyl (C=O) groups is 2. The van der Waals surface area contributed by atoms with E-state index in [2.05, 4.69) is 5.32 Å². The van der Waals surface area contributed by atoms with Crippen molar-refractivity contribution in [1.82, 2.24) is 0 Å². The normalized spacial score (nSPS) is 10.1. The van der Waals surface area contributed by atoms with E-state index in [1.54, 1.807) is 42.5 Å². The van der Waals surface area contributed by atoms with Crippen molar-refractivity contribution < 1.29 is 28.5 Å². The van der Waals surface area contributed by atoms with Gasteiger partial charge in [-0.3, -0.25) is 4.79 Å². The van der Waals surface area contributed by atoms with Gasteiger partial charge < -0.3 is 24.3 Å². The summed E-state index contributed by atoms with van der Waals surface area (Å²) in [5.74, 6) is 1.24. The van der Waals surface area contributed by atoms with Gasteiger partial charge in [0, 0.05) is 23.9 Å². The summed E-state index contributed by atoms with van der Waals surface area (Å²) in [7, 11) is 3.02. The first-order chi connectivity index (χ1) is 14.6. The van der Waals surface area contributed by atoms with Crippen LogP contribution in [0.2, 0.25) is 0 Å². The van der Waals surface area contributed by atoms with Crippen LogP contribution in [0.5, 0.6) is 23.0 Å². The molecule has 30 heavy (non-hydrogen) atoms. The highest BCUT2D eigenvalue weighted by molar-refractivity contribution is 5.95. The molecule has 0 aliphatic carbocycles. The van der Waals surface area contributed by atoms with Crippen molar-refractivity contribution in [3.63, 3.8) is 0 Å². The van der Waals surface area contributed by atoms with Gasteiger partial charge in [-0.05, 0) is 36.4 Å². The van der Waals surface area contributed by atoms with E-state index in [1.807, 2.05) is 30.3 Å². The van der Waals surface area contributed by atoms with E-state index in [9.17, 15) is 9.59 Å². The smallest absolute Gasteiger partial charge is 0.338 e. The third kappa shape index (κ3) is 5.75. The summed E-state index contributed by atoms with van der Waals surface area (Å²) in [6, 6.07) is 20.7. The first-order valence-electron chi connectivity index (χ1n) is 9.10. The van der Waals surface area contributed by atoms with Gasteiger partial charge in [0.25, 0.3) is 5.91 Å². The van der Waals surface area contributed by atoms with Crippen molar-refractivity contribution in [2.24, 2.45) is 0 Å². The highest BCUT2D eigenvalue weighted by Crippen LogP contribution is 2.26. The molecule has 1 N–H and O–H groups in total. The summed E-state index contributed by atoms with van der Waals surface area (Å²) in [5.41, 5.74) is 0.779. The van der Waals surface area contributed by atoms with E-state index in [4.69, 9.17) is 18.9 Å². The highest BCUT2D eigenvalue weighted by atomic mass is 16.5. The molecule has 0 aliphatic rings. The fraction of sp³-hybridized carbons (Fsp3) is 0.130. The lowest BCUT2D eigenvalue weighted by Crippen LogP contribution is -2.21. The molecule has 0 bridgehead atoms. The second kappa shape index (κ2) is 9.97. The monoisotopic (exact) mass is 407 g/mol. The lowest BCUT2D eigenvalue weighted by atomic mass is 10.2. The number of hydrogen-bond donors (Lipinski definition) is 1. The number of rotatable bonds is 8. The van der Waals surface area contributed by atoms with Crippen LogP contribution in [0.4, 0.5) is 5.69 Å². The van der Waals surface area contributed by atoms with Crippen molar-refractivity contribution in [2.45, 2.75) is 0 Å². The predicted molar refractivity (Wildman–Crippen MR) is 111 cm³/mol. The molecule has 0 fully saturated rings. The van der Waals surface area contributed by atoms with E-state index in [0.29, 0.717) is 34.2 Å². The zero-order chi connectivity index (χ0) is 21.3. The Morgan fingerprint density at radius 2 is 1.37 bits per heavy atom. The molecule has 0 saturated heterocycles. The molecule has 7 heteroatoms. The second-order valence-electron chi connectivity index (χ2n) is 6.17. The number of methoxy groups -OCH3 is 2. The SMILES string of the molecule is COc1cc(NC(=O)COC(=O)c2ccc(Oc3ccccc3)cc2)cc(OC)c1. The molecule has 3 rings (SSSR count). The highest BCUT2D eigenvalue weighted by Gasteiger charge is 2.12. The van der Waals surface area contributed by atoms with Crippen molar-refractivity contribution in [3.05, 3.63) is 78.4 Å². The minimum atomic E-state index is -0.611. The largest absolute Gasteiger partial charge is 0.497 e. The van der Waals surface area contributed by atoms with Crippen molar-refractivity contribution in [3.8, 4) is 23.0 Å². The molecule has 0 spiro atoms. The van der Waals surface area contributed by atoms with E-state index in [1.165, 1.54) is 14.2 Å². The molecular weight excluding hydrogens is 386 g/mol. The van der Waals surface area contributed by atoms with E-state index < -0.39 is 18.5 Å². The average Bonchev–Trinajstić information content (AvgIpc) is 2.78. The predicted octanol–water partition coefficient (Wildman–Crippen LogP) is 4.29. The van der Waals surface area contributed by atoms with Crippen LogP contribution in [-0.4, -0.2) is 32.7 Å². The summed E-state index contributed by atoms with van der Waals surface area (Å²) in [6.07, 6.45) is 0. The number of amides is 1. The van der Waals surface area contributed by atoms with Gasteiger partial charge in [-0.15, -0.1) is 0 Å². The molecule has 3 aromatic rings. The Morgan fingerprint density at radius 3 is 1.97 bits per heavy atom. The van der Waals surface area contributed by atoms with Crippen LogP contribution in [0.15, 0.2) is 72.8 Å². The quantitative estimate of drug-likeness (QED) is 0.561. The van der Waals surface area contributed by atoms with E-state index in [-0.39, 0.29) is 0 Å². The third-order valence-electron chi connectivity index (χ3n) is 4.04. The van der Waals surface area contributed by atoms with Crippen LogP contribution >= 0.6 is 0 Å². The Kier molecular flexibility index (Phi) is 6.89. The minimum Gasteiger partial charge on any atom is -0.497 e. The maximum atomic E-state index is 12.2. The summed E-state index contributed by atoms with van der Waals surface area (Å²) in [5, 5.41) is 2.64. The average molecular weight is 407 g/mol. The molecule has 0 atom stereocenters. The third-order valence-corrected chi connectivity index (χ3v) is 4.04. The van der Waals surface area contributed by atoms with Crippen LogP contribution in [0, 0.1) is 0 Å². The van der Waals surface area contributed by atoms with Crippen LogP contribution < -0.4 is 19.5 Å². The van der Waals surface area contributed by atoms with Gasteiger partial charge in [0.15, 0.2) is 6.61 Å². The molecule has 0 aliphatic heterocycles. The van der Waals surface area contributed by atoms with Crippen LogP contribution in [0.1, 0.15) is 10.4 Å². The molecule has 3 aromatic carbocycles. The number of esters is 1. The van der Waals surface area contributed by atoms with Gasteiger partial charge in [0.05, 0.1) is 19.8 Å². The first kappa shape index (κ1) is 20.7. The molecule has 0 saturated carbocycles. The van der Waals surface area contributed by atoms with Crippen LogP contribution in [-0.2, 0) is 9.53 Å². The maximum absolute atomic E-state index is 12.2. The molecule has 1 amide bonds. The maximum Gasteiger partial charge on any atom is 0.338 e. The molecule has 0 unspecified atom stereocenters. The number of para-hydroxylation sites is 1. The van der Waals surface area contributed by atoms with Gasteiger partial charge in [-0.2, -0.15) is 0 Å². The molecule has 0 heterocycles. The van der Waals surface area contributed by atoms with Gasteiger partial charge in [0.2, 0.25) is 0 Å². The summed E-state index contributed by atoms with van der Waals surface area (Å²) in [4.78, 5) is 24.3. The Morgan fingerprint density at radius 1 is 0.767 bits per heavy atom. The fourth-order valence-electron chi connectivity index (χ4n) is 2.57. The van der Waals surface area contributed by atoms with Gasteiger partial charge in [0.1, 0.15) is 23.0 Å². The summed E-state index contributed by atoms with van der Waals surface area (Å²) >= 11 is 0. The van der Waals surface area contributed by atoms with Gasteiger partial charge in [-0.25, -0.2) is 4.79 Å². The zero-order valence-electron chi connectivity index (χ0n) is 16.6. The van der Waals surface area contributed by atoms with Crippen molar-refractivity contribution in [1.29, 1.82) is 0 Å². The summed E-state index contributed by atoms with van der Waals surface area (Å²) in [6.45, 7) is -0.430. The molecule has 0 radical (unpaired) electrons. The molecule has 7 nitrogen and oxygen atoms in total. The lowest BCUT2D eigenvalue weighted by molar-refractivity contribution is -0.119. The molecule has 0 aromatic heterocycles. The number of nitrogens with one attached hydrogen (secondary N) is 1. The van der Waals surface area contributed by atoms with Crippen molar-refractivity contribution in [2.75, 3.05) is 26.1 Å². The molecule has 154 valence electrons. The minimum absolute atomic E-state index is 0.311. The fourth-order valence-corrected chi connectivity index (χ4v) is 2.57. The lowest BCUT2D eigenvalue weighted by Gasteiger charge is -2.10. The van der Waals surface area contributed by atoms with Gasteiger partial charge in [-0.1, -0.05) is 18.2 Å². The van der Waals surface area contributed by atoms with Crippen LogP contribution in [0.3, 0.4) is 0 Å². The van der Waals surface area contributed by atoms with Crippen molar-refractivity contribution >= 4 is 17.6 Å². The number of benzene rings is 3. The van der Waals surface area contributed by atoms with Crippen LogP contribution in [0.25, 0.3) is 0 Å². The second-order valence-corrected chi connectivity index (χ2v) is 6.17. The zero-order valence-corrected chi connectivity index (χ0v) is 16.6. The summed E-state index contributed by atoms with van der Waals surface area (Å²) < 4.78 is 21.1. The Labute approximate surface area is 174 Å². The number of hydrogen-bond acceptors (Lipinski definition) is 6.